The molecule has 0 aromatic carbocycles. The molecule has 0 N–H and O–H groups in total. The van der Waals surface area contributed by atoms with E-state index in [0.717, 1.165) is 38.5 Å². The predicted molar refractivity (Wildman–Crippen MR) is 138 cm³/mol. The molecule has 0 saturated heterocycles. The maximum atomic E-state index is 10.1. The van der Waals surface area contributed by atoms with Gasteiger partial charge in [0, 0.05) is 0 Å². The number of unbranched alkanes of at least 4 members (excludes halogenated alkanes) is 15. The van der Waals surface area contributed by atoms with Crippen molar-refractivity contribution in [3.8, 4) is 0 Å². The maximum absolute atomic E-state index is 10.1. The van der Waals surface area contributed by atoms with E-state index in [0.29, 0.717) is 18.5 Å². The zero-order chi connectivity index (χ0) is 25.6. The first-order valence-electron chi connectivity index (χ1n) is 13.2. The summed E-state index contributed by atoms with van der Waals surface area (Å²) in [6, 6.07) is 0. The van der Waals surface area contributed by atoms with Crippen LogP contribution in [0, 0.1) is 0 Å². The summed E-state index contributed by atoms with van der Waals surface area (Å²) in [6.45, 7) is 6.53. The maximum Gasteiger partial charge on any atom is 3.00 e. The van der Waals surface area contributed by atoms with Gasteiger partial charge in [0.2, 0.25) is 0 Å². The average molecular weight is 581 g/mol. The number of hydrogen-bond donors (Lipinski definition) is 0. The minimum absolute atomic E-state index is 0. The zero-order valence-electron chi connectivity index (χ0n) is 22.0. The third-order valence-corrected chi connectivity index (χ3v) is 7.13. The van der Waals surface area contributed by atoms with Gasteiger partial charge < -0.3 is 14.7 Å². The Bertz CT molecular complexity index is 381. The Morgan fingerprint density at radius 3 is 0.735 bits per heavy atom. The fraction of sp³-hybridized carbons (Fsp3) is 1.00. The van der Waals surface area contributed by atoms with E-state index in [1.165, 1.54) is 77.0 Å². The van der Waals surface area contributed by atoms with Crippen molar-refractivity contribution in [3.05, 3.63) is 0 Å². The largest absolute Gasteiger partial charge is 3.00 e. The molecule has 0 aliphatic heterocycles. The summed E-state index contributed by atoms with van der Waals surface area (Å²) in [5.74, 6) is 0. The molecule has 0 aromatic heterocycles. The Hall–Kier alpha value is 0.712. The van der Waals surface area contributed by atoms with E-state index in [2.05, 4.69) is 20.8 Å². The summed E-state index contributed by atoms with van der Waals surface area (Å²) in [6.07, 6.45) is 21.8. The summed E-state index contributed by atoms with van der Waals surface area (Å²) >= 11 is 0. The second-order valence-corrected chi connectivity index (χ2v) is 11.8. The van der Waals surface area contributed by atoms with E-state index in [4.69, 9.17) is 0 Å². The van der Waals surface area contributed by atoms with Crippen molar-refractivity contribution in [2.24, 2.45) is 0 Å². The van der Waals surface area contributed by atoms with E-state index in [-0.39, 0.29) is 17.4 Å². The fourth-order valence-corrected chi connectivity index (χ4v) is 4.51. The van der Waals surface area contributed by atoms with E-state index >= 15 is 0 Å². The van der Waals surface area contributed by atoms with Crippen LogP contribution in [0.4, 0.5) is 0 Å². The molecule has 0 aliphatic carbocycles. The van der Waals surface area contributed by atoms with Gasteiger partial charge in [-0.2, -0.15) is 0 Å². The second-order valence-electron chi connectivity index (χ2n) is 8.47. The third kappa shape index (κ3) is 53.9. The average Bonchev–Trinajstić information content (AvgIpc) is 2.76. The van der Waals surface area contributed by atoms with Gasteiger partial charge >= 0.3 is 41.4 Å². The zero-order valence-corrected chi connectivity index (χ0v) is 26.0. The van der Waals surface area contributed by atoms with E-state index in [9.17, 15) is 28.4 Å². The van der Waals surface area contributed by atoms with Gasteiger partial charge in [-0.25, -0.2) is 0 Å². The van der Waals surface area contributed by atoms with E-state index in [1.54, 1.807) is 0 Å². The first kappa shape index (κ1) is 41.8. The molecule has 0 aromatic rings. The molecular formula is C24H51CrO6P3+3. The first-order valence-corrected chi connectivity index (χ1v) is 17.3. The van der Waals surface area contributed by atoms with Gasteiger partial charge in [-0.15, -0.1) is 0 Å². The Balaban J connectivity index is -0.000000196. The first-order chi connectivity index (χ1) is 15.8. The van der Waals surface area contributed by atoms with Crippen molar-refractivity contribution in [3.63, 3.8) is 0 Å². The Labute approximate surface area is 224 Å². The SMILES string of the molecule is CCCCCCCC[P+](=O)[O-].CCCCCCCC[P+](=O)[O-].CCCCCCCC[P+](=O)[O-].[Cr+3]. The second kappa shape index (κ2) is 38.2. The van der Waals surface area contributed by atoms with E-state index < -0.39 is 24.1 Å². The fourth-order valence-electron chi connectivity index (χ4n) is 3.06. The molecule has 3 atom stereocenters. The van der Waals surface area contributed by atoms with Crippen molar-refractivity contribution in [2.75, 3.05) is 18.5 Å². The molecule has 34 heavy (non-hydrogen) atoms. The molecule has 201 valence electrons. The van der Waals surface area contributed by atoms with Gasteiger partial charge in [-0.3, -0.25) is 0 Å². The molecule has 10 heteroatoms. The quantitative estimate of drug-likeness (QED) is 0.103. The van der Waals surface area contributed by atoms with Gasteiger partial charge in [-0.1, -0.05) is 112 Å². The summed E-state index contributed by atoms with van der Waals surface area (Å²) in [5, 5.41) is 0. The molecule has 0 saturated carbocycles. The molecule has 0 aliphatic rings. The van der Waals surface area contributed by atoms with Crippen molar-refractivity contribution >= 4 is 24.1 Å². The van der Waals surface area contributed by atoms with Crippen LogP contribution in [0.3, 0.4) is 0 Å². The van der Waals surface area contributed by atoms with Crippen LogP contribution in [0.1, 0.15) is 136 Å². The van der Waals surface area contributed by atoms with Crippen LogP contribution < -0.4 is 14.7 Å². The van der Waals surface area contributed by atoms with Gasteiger partial charge in [0.1, 0.15) is 18.5 Å². The normalized spacial score (nSPS) is 11.3. The van der Waals surface area contributed by atoms with E-state index in [1.807, 2.05) is 0 Å². The molecule has 0 fully saturated rings. The summed E-state index contributed by atoms with van der Waals surface area (Å²) in [4.78, 5) is 30.4. The van der Waals surface area contributed by atoms with Crippen molar-refractivity contribution in [1.82, 2.24) is 0 Å². The van der Waals surface area contributed by atoms with Crippen molar-refractivity contribution in [2.45, 2.75) is 136 Å². The van der Waals surface area contributed by atoms with Crippen LogP contribution in [-0.4, -0.2) is 18.5 Å². The van der Waals surface area contributed by atoms with Crippen molar-refractivity contribution in [1.29, 1.82) is 0 Å². The Kier molecular flexibility index (Phi) is 47.0. The minimum Gasteiger partial charge on any atom is -0.596 e. The van der Waals surface area contributed by atoms with Crippen molar-refractivity contribution < 1.29 is 45.7 Å². The molecule has 0 heterocycles. The van der Waals surface area contributed by atoms with Crippen LogP contribution in [0.2, 0.25) is 0 Å². The Morgan fingerprint density at radius 2 is 0.559 bits per heavy atom. The molecule has 0 bridgehead atoms. The van der Waals surface area contributed by atoms with Gasteiger partial charge in [0.25, 0.3) is 0 Å². The minimum atomic E-state index is -2.12. The molecular weight excluding hydrogens is 529 g/mol. The van der Waals surface area contributed by atoms with Crippen LogP contribution in [0.25, 0.3) is 0 Å². The topological polar surface area (TPSA) is 120 Å². The van der Waals surface area contributed by atoms with Crippen LogP contribution in [-0.2, 0) is 31.1 Å². The summed E-state index contributed by atoms with van der Waals surface area (Å²) in [5.41, 5.74) is 0. The molecule has 0 amide bonds. The molecule has 3 unspecified atom stereocenters. The molecule has 1 radical (unpaired) electrons. The van der Waals surface area contributed by atoms with Crippen LogP contribution in [0.15, 0.2) is 0 Å². The number of hydrogen-bond acceptors (Lipinski definition) is 6. The van der Waals surface area contributed by atoms with Gasteiger partial charge in [-0.05, 0) is 38.5 Å². The summed E-state index contributed by atoms with van der Waals surface area (Å²) < 4.78 is 30.4. The predicted octanol–water partition coefficient (Wildman–Crippen LogP) is 7.35. The molecule has 6 nitrogen and oxygen atoms in total. The third-order valence-electron chi connectivity index (χ3n) is 5.08. The number of rotatable bonds is 21. The Morgan fingerprint density at radius 1 is 0.382 bits per heavy atom. The molecule has 0 spiro atoms. The van der Waals surface area contributed by atoms with Gasteiger partial charge in [0.05, 0.1) is 0 Å². The van der Waals surface area contributed by atoms with Gasteiger partial charge in [0.15, 0.2) is 0 Å². The van der Waals surface area contributed by atoms with Crippen LogP contribution in [0.5, 0.6) is 0 Å². The standard InChI is InChI=1S/3C8H17O2P.Cr/c3*1-2-3-4-5-6-7-8-11(9)10;/h3*2-8H2,1H3;/q;;;+3. The molecule has 0 rings (SSSR count). The monoisotopic (exact) mass is 580 g/mol. The smallest absolute Gasteiger partial charge is 0.596 e. The summed E-state index contributed by atoms with van der Waals surface area (Å²) in [7, 11) is -6.37. The van der Waals surface area contributed by atoms with Crippen LogP contribution >= 0.6 is 24.1 Å².